The van der Waals surface area contributed by atoms with Crippen molar-refractivity contribution < 1.29 is 5.11 Å². The molecule has 4 rings (SSSR count). The zero-order chi connectivity index (χ0) is 13.5. The zero-order valence-corrected chi connectivity index (χ0v) is 10.6. The average Bonchev–Trinajstić information content (AvgIpc) is 3.02. The van der Waals surface area contributed by atoms with Crippen LogP contribution < -0.4 is 0 Å². The van der Waals surface area contributed by atoms with Crippen LogP contribution in [-0.2, 0) is 6.42 Å². The summed E-state index contributed by atoms with van der Waals surface area (Å²) in [6.07, 6.45) is 0.572. The van der Waals surface area contributed by atoms with Crippen LogP contribution >= 0.6 is 0 Å². The van der Waals surface area contributed by atoms with Gasteiger partial charge in [0.15, 0.2) is 0 Å². The van der Waals surface area contributed by atoms with E-state index in [4.69, 9.17) is 0 Å². The normalized spacial score (nSPS) is 11.4. The predicted molar refractivity (Wildman–Crippen MR) is 76.7 cm³/mol. The van der Waals surface area contributed by atoms with E-state index in [1.165, 1.54) is 0 Å². The molecule has 3 N–H and O–H groups in total. The molecule has 2 aromatic heterocycles. The number of aromatic nitrogens is 4. The molecule has 0 atom stereocenters. The lowest BCUT2D eigenvalue weighted by Gasteiger charge is -1.92. The molecular weight excluding hydrogens is 252 g/mol. The first kappa shape index (κ1) is 11.0. The Kier molecular flexibility index (Phi) is 2.26. The fourth-order valence-electron chi connectivity index (χ4n) is 2.40. The van der Waals surface area contributed by atoms with E-state index in [1.54, 1.807) is 12.1 Å². The van der Waals surface area contributed by atoms with Crippen molar-refractivity contribution in [1.82, 2.24) is 19.9 Å². The van der Waals surface area contributed by atoms with Gasteiger partial charge in [0.05, 0.1) is 23.0 Å². The van der Waals surface area contributed by atoms with Crippen molar-refractivity contribution >= 4 is 22.1 Å². The largest absolute Gasteiger partial charge is 0.506 e. The van der Waals surface area contributed by atoms with E-state index >= 15 is 0 Å². The van der Waals surface area contributed by atoms with Gasteiger partial charge in [0.1, 0.15) is 22.9 Å². The highest BCUT2D eigenvalue weighted by atomic mass is 16.3. The topological polar surface area (TPSA) is 77.6 Å². The van der Waals surface area contributed by atoms with Gasteiger partial charge in [0.2, 0.25) is 0 Å². The Morgan fingerprint density at radius 2 is 1.60 bits per heavy atom. The molecule has 2 heterocycles. The molecule has 0 saturated carbocycles. The molecule has 0 unspecified atom stereocenters. The molecule has 0 saturated heterocycles. The van der Waals surface area contributed by atoms with Gasteiger partial charge in [-0.2, -0.15) is 0 Å². The molecule has 2 aromatic carbocycles. The lowest BCUT2D eigenvalue weighted by Crippen LogP contribution is -1.92. The minimum absolute atomic E-state index is 0.214. The van der Waals surface area contributed by atoms with E-state index < -0.39 is 0 Å². The average molecular weight is 264 g/mol. The van der Waals surface area contributed by atoms with Gasteiger partial charge in [-0.05, 0) is 24.3 Å². The maximum Gasteiger partial charge on any atom is 0.141 e. The highest BCUT2D eigenvalue weighted by molar-refractivity contribution is 5.81. The smallest absolute Gasteiger partial charge is 0.141 e. The number of para-hydroxylation sites is 3. The van der Waals surface area contributed by atoms with Gasteiger partial charge < -0.3 is 15.1 Å². The molecule has 0 aliphatic carbocycles. The van der Waals surface area contributed by atoms with E-state index in [9.17, 15) is 5.11 Å². The number of hydrogen-bond acceptors (Lipinski definition) is 3. The second-order valence-electron chi connectivity index (χ2n) is 4.73. The zero-order valence-electron chi connectivity index (χ0n) is 10.6. The summed E-state index contributed by atoms with van der Waals surface area (Å²) in [6, 6.07) is 13.2. The van der Waals surface area contributed by atoms with Crippen molar-refractivity contribution in [2.45, 2.75) is 6.42 Å². The molecule has 0 amide bonds. The Balaban J connectivity index is 1.74. The Bertz CT molecular complexity index is 873. The van der Waals surface area contributed by atoms with E-state index in [2.05, 4.69) is 19.9 Å². The molecule has 98 valence electrons. The van der Waals surface area contributed by atoms with Crippen LogP contribution in [0.5, 0.6) is 5.75 Å². The molecule has 0 spiro atoms. The lowest BCUT2D eigenvalue weighted by molar-refractivity contribution is 0.480. The van der Waals surface area contributed by atoms with Crippen LogP contribution in [-0.4, -0.2) is 25.0 Å². The van der Waals surface area contributed by atoms with Crippen molar-refractivity contribution in [3.05, 3.63) is 54.1 Å². The molecule has 0 aliphatic rings. The maximum absolute atomic E-state index is 9.77. The molecule has 5 heteroatoms. The monoisotopic (exact) mass is 264 g/mol. The minimum atomic E-state index is 0.214. The summed E-state index contributed by atoms with van der Waals surface area (Å²) in [5, 5.41) is 9.77. The highest BCUT2D eigenvalue weighted by Crippen LogP contribution is 2.22. The number of nitrogens with one attached hydrogen (secondary N) is 2. The van der Waals surface area contributed by atoms with Gasteiger partial charge >= 0.3 is 0 Å². The molecular formula is C15H12N4O. The van der Waals surface area contributed by atoms with Crippen molar-refractivity contribution in [1.29, 1.82) is 0 Å². The van der Waals surface area contributed by atoms with Crippen molar-refractivity contribution in [2.75, 3.05) is 0 Å². The number of nitrogens with zero attached hydrogens (tertiary/aromatic N) is 2. The molecule has 5 nitrogen and oxygen atoms in total. The molecule has 0 aliphatic heterocycles. The van der Waals surface area contributed by atoms with Crippen LogP contribution in [0.3, 0.4) is 0 Å². The van der Waals surface area contributed by atoms with Gasteiger partial charge in [-0.1, -0.05) is 18.2 Å². The third kappa shape index (κ3) is 1.72. The van der Waals surface area contributed by atoms with Gasteiger partial charge in [-0.3, -0.25) is 0 Å². The lowest BCUT2D eigenvalue weighted by atomic mass is 10.3. The van der Waals surface area contributed by atoms with Crippen LogP contribution in [0.15, 0.2) is 42.5 Å². The first-order chi connectivity index (χ1) is 9.79. The summed E-state index contributed by atoms with van der Waals surface area (Å²) in [6.45, 7) is 0. The third-order valence-electron chi connectivity index (χ3n) is 3.32. The number of aromatic hydroxyl groups is 1. The number of hydrogen-bond donors (Lipinski definition) is 3. The summed E-state index contributed by atoms with van der Waals surface area (Å²) in [5.41, 5.74) is 3.39. The second-order valence-corrected chi connectivity index (χ2v) is 4.73. The van der Waals surface area contributed by atoms with E-state index in [1.807, 2.05) is 30.3 Å². The Labute approximate surface area is 114 Å². The molecule has 0 radical (unpaired) electrons. The third-order valence-corrected chi connectivity index (χ3v) is 3.32. The highest BCUT2D eigenvalue weighted by Gasteiger charge is 2.09. The fraction of sp³-hybridized carbons (Fsp3) is 0.0667. The molecule has 0 bridgehead atoms. The summed E-state index contributed by atoms with van der Waals surface area (Å²) in [7, 11) is 0. The van der Waals surface area contributed by atoms with E-state index in [0.717, 1.165) is 28.2 Å². The number of H-pyrrole nitrogens is 2. The summed E-state index contributed by atoms with van der Waals surface area (Å²) in [5.74, 6) is 1.84. The van der Waals surface area contributed by atoms with Crippen LogP contribution in [0.25, 0.3) is 22.1 Å². The van der Waals surface area contributed by atoms with Crippen LogP contribution in [0.1, 0.15) is 11.6 Å². The first-order valence-corrected chi connectivity index (χ1v) is 6.40. The Morgan fingerprint density at radius 3 is 2.45 bits per heavy atom. The Morgan fingerprint density at radius 1 is 0.850 bits per heavy atom. The summed E-state index contributed by atoms with van der Waals surface area (Å²) < 4.78 is 0. The van der Waals surface area contributed by atoms with Gasteiger partial charge in [0.25, 0.3) is 0 Å². The summed E-state index contributed by atoms with van der Waals surface area (Å²) >= 11 is 0. The number of imidazole rings is 2. The second kappa shape index (κ2) is 4.09. The maximum atomic E-state index is 9.77. The number of fused-ring (bicyclic) bond motifs is 2. The van der Waals surface area contributed by atoms with E-state index in [-0.39, 0.29) is 5.75 Å². The van der Waals surface area contributed by atoms with Crippen LogP contribution in [0, 0.1) is 0 Å². The minimum Gasteiger partial charge on any atom is -0.506 e. The van der Waals surface area contributed by atoms with Gasteiger partial charge in [-0.25, -0.2) is 9.97 Å². The van der Waals surface area contributed by atoms with Gasteiger partial charge in [0, 0.05) is 0 Å². The number of phenols is 1. The quantitative estimate of drug-likeness (QED) is 0.521. The van der Waals surface area contributed by atoms with E-state index in [0.29, 0.717) is 11.9 Å². The standard InChI is InChI=1S/C15H12N4O/c20-12-7-3-6-11-15(12)19-14(18-11)8-13-16-9-4-1-2-5-10(9)17-13/h1-7,20H,8H2,(H,16,17)(H,18,19). The number of rotatable bonds is 2. The predicted octanol–water partition coefficient (Wildman–Crippen LogP) is 2.74. The van der Waals surface area contributed by atoms with Crippen LogP contribution in [0.2, 0.25) is 0 Å². The SMILES string of the molecule is Oc1cccc2nc(Cc3nc4ccccc4[nH]3)[nH]c12. The number of aromatic amines is 2. The van der Waals surface area contributed by atoms with Crippen molar-refractivity contribution in [3.63, 3.8) is 0 Å². The first-order valence-electron chi connectivity index (χ1n) is 6.40. The molecule has 0 fully saturated rings. The Hall–Kier alpha value is -2.82. The summed E-state index contributed by atoms with van der Waals surface area (Å²) in [4.78, 5) is 15.4. The van der Waals surface area contributed by atoms with Crippen molar-refractivity contribution in [3.8, 4) is 5.75 Å². The fourth-order valence-corrected chi connectivity index (χ4v) is 2.40. The van der Waals surface area contributed by atoms with Crippen LogP contribution in [0.4, 0.5) is 0 Å². The van der Waals surface area contributed by atoms with Gasteiger partial charge in [-0.15, -0.1) is 0 Å². The molecule has 4 aromatic rings. The number of phenolic OH excluding ortho intramolecular Hbond substituents is 1. The number of benzene rings is 2. The van der Waals surface area contributed by atoms with Crippen molar-refractivity contribution in [2.24, 2.45) is 0 Å². The molecule has 20 heavy (non-hydrogen) atoms.